The van der Waals surface area contributed by atoms with Crippen LogP contribution in [-0.2, 0) is 0 Å². The molecule has 0 aliphatic carbocycles. The summed E-state index contributed by atoms with van der Waals surface area (Å²) in [5.74, 6) is -0.0678. The van der Waals surface area contributed by atoms with Gasteiger partial charge in [-0.3, -0.25) is 9.59 Å². The topological polar surface area (TPSA) is 123 Å². The Labute approximate surface area is 221 Å². The maximum Gasteiger partial charge on any atom is 0.261 e. The van der Waals surface area contributed by atoms with Crippen LogP contribution >= 0.6 is 23.2 Å². The molecular formula is C27H21Cl2N5O3. The highest BCUT2D eigenvalue weighted by atomic mass is 35.5. The molecule has 0 spiro atoms. The number of aromatic amines is 2. The lowest BCUT2D eigenvalue weighted by Crippen LogP contribution is -2.17. The molecule has 2 aromatic heterocycles. The number of H-pyrrole nitrogens is 2. The number of anilines is 2. The molecule has 1 amide bonds. The summed E-state index contributed by atoms with van der Waals surface area (Å²) in [6.07, 6.45) is 0.751. The van der Waals surface area contributed by atoms with E-state index in [9.17, 15) is 14.7 Å². The lowest BCUT2D eigenvalue weighted by molar-refractivity contribution is 0.102. The van der Waals surface area contributed by atoms with Crippen LogP contribution in [-0.4, -0.2) is 32.5 Å². The zero-order valence-corrected chi connectivity index (χ0v) is 20.8. The van der Waals surface area contributed by atoms with Gasteiger partial charge in [-0.2, -0.15) is 0 Å². The van der Waals surface area contributed by atoms with Crippen LogP contribution in [0.1, 0.15) is 22.0 Å². The molecule has 0 radical (unpaired) electrons. The molecule has 0 unspecified atom stereocenters. The Kier molecular flexibility index (Phi) is 6.96. The van der Waals surface area contributed by atoms with Crippen molar-refractivity contribution >= 4 is 51.5 Å². The first-order valence-electron chi connectivity index (χ1n) is 11.3. The predicted octanol–water partition coefficient (Wildman–Crippen LogP) is 5.62. The Bertz CT molecular complexity index is 1650. The minimum Gasteiger partial charge on any atom is -0.387 e. The third-order valence-electron chi connectivity index (χ3n) is 5.82. The van der Waals surface area contributed by atoms with Gasteiger partial charge in [0.2, 0.25) is 0 Å². The average molecular weight is 534 g/mol. The van der Waals surface area contributed by atoms with E-state index < -0.39 is 6.10 Å². The molecule has 0 fully saturated rings. The highest BCUT2D eigenvalue weighted by Gasteiger charge is 2.18. The molecule has 2 heterocycles. The number of fused-ring (bicyclic) bond motifs is 1. The van der Waals surface area contributed by atoms with E-state index >= 15 is 0 Å². The predicted molar refractivity (Wildman–Crippen MR) is 146 cm³/mol. The summed E-state index contributed by atoms with van der Waals surface area (Å²) in [7, 11) is 0. The minimum absolute atomic E-state index is 0.186. The first-order chi connectivity index (χ1) is 17.9. The molecule has 8 nitrogen and oxygen atoms in total. The van der Waals surface area contributed by atoms with Gasteiger partial charge in [-0.1, -0.05) is 59.6 Å². The van der Waals surface area contributed by atoms with E-state index in [1.165, 1.54) is 12.3 Å². The zero-order valence-electron chi connectivity index (χ0n) is 19.3. The molecule has 0 saturated carbocycles. The number of carbonyl (C=O) groups excluding carboxylic acids is 1. The SMILES string of the molecule is O=C(Nc1cccc2nc(-c3c(NC[C@H](O)c4ccccc4)cc[nH]c3=O)[nH]c12)c1ccc(Cl)c(Cl)c1. The molecule has 0 aliphatic rings. The largest absolute Gasteiger partial charge is 0.387 e. The lowest BCUT2D eigenvalue weighted by atomic mass is 10.1. The summed E-state index contributed by atoms with van der Waals surface area (Å²) >= 11 is 12.0. The van der Waals surface area contributed by atoms with Crippen molar-refractivity contribution in [1.82, 2.24) is 15.0 Å². The number of aliphatic hydroxyl groups is 1. The normalized spacial score (nSPS) is 11.9. The van der Waals surface area contributed by atoms with Gasteiger partial charge in [-0.05, 0) is 42.0 Å². The van der Waals surface area contributed by atoms with Gasteiger partial charge in [0, 0.05) is 18.3 Å². The molecule has 5 aromatic rings. The number of halogens is 2. The van der Waals surface area contributed by atoms with Gasteiger partial charge in [-0.15, -0.1) is 0 Å². The smallest absolute Gasteiger partial charge is 0.261 e. The molecule has 1 atom stereocenters. The van der Waals surface area contributed by atoms with E-state index in [1.807, 2.05) is 30.3 Å². The summed E-state index contributed by atoms with van der Waals surface area (Å²) < 4.78 is 0. The first kappa shape index (κ1) is 24.6. The van der Waals surface area contributed by atoms with Crippen LogP contribution in [0.2, 0.25) is 10.0 Å². The van der Waals surface area contributed by atoms with Crippen LogP contribution in [0.25, 0.3) is 22.4 Å². The molecule has 3 aromatic carbocycles. The molecule has 0 aliphatic heterocycles. The average Bonchev–Trinajstić information content (AvgIpc) is 3.34. The molecule has 186 valence electrons. The van der Waals surface area contributed by atoms with E-state index in [1.54, 1.807) is 36.4 Å². The van der Waals surface area contributed by atoms with Gasteiger partial charge < -0.3 is 25.7 Å². The van der Waals surface area contributed by atoms with Gasteiger partial charge in [0.1, 0.15) is 11.4 Å². The van der Waals surface area contributed by atoms with Gasteiger partial charge in [0.15, 0.2) is 0 Å². The van der Waals surface area contributed by atoms with Crippen molar-refractivity contribution in [1.29, 1.82) is 0 Å². The number of benzene rings is 3. The summed E-state index contributed by atoms with van der Waals surface area (Å²) in [6, 6.07) is 20.8. The highest BCUT2D eigenvalue weighted by molar-refractivity contribution is 6.42. The van der Waals surface area contributed by atoms with Crippen molar-refractivity contribution in [3.05, 3.63) is 111 Å². The van der Waals surface area contributed by atoms with Crippen molar-refractivity contribution in [3.63, 3.8) is 0 Å². The number of hydrogen-bond donors (Lipinski definition) is 5. The lowest BCUT2D eigenvalue weighted by Gasteiger charge is -2.14. The fraction of sp³-hybridized carbons (Fsp3) is 0.0741. The number of imidazole rings is 1. The van der Waals surface area contributed by atoms with E-state index in [0.29, 0.717) is 38.8 Å². The van der Waals surface area contributed by atoms with Crippen LogP contribution in [0, 0.1) is 0 Å². The van der Waals surface area contributed by atoms with Crippen LogP contribution in [0.3, 0.4) is 0 Å². The number of para-hydroxylation sites is 1. The van der Waals surface area contributed by atoms with Crippen molar-refractivity contribution in [2.24, 2.45) is 0 Å². The van der Waals surface area contributed by atoms with Crippen LogP contribution in [0.15, 0.2) is 83.8 Å². The highest BCUT2D eigenvalue weighted by Crippen LogP contribution is 2.29. The van der Waals surface area contributed by atoms with Crippen LogP contribution in [0.5, 0.6) is 0 Å². The second kappa shape index (κ2) is 10.5. The van der Waals surface area contributed by atoms with Crippen molar-refractivity contribution in [2.75, 3.05) is 17.2 Å². The molecule has 0 saturated heterocycles. The van der Waals surface area contributed by atoms with E-state index in [4.69, 9.17) is 23.2 Å². The van der Waals surface area contributed by atoms with Gasteiger partial charge in [0.05, 0.1) is 38.6 Å². The van der Waals surface area contributed by atoms with Gasteiger partial charge >= 0.3 is 0 Å². The zero-order chi connectivity index (χ0) is 25.9. The number of carbonyl (C=O) groups is 1. The van der Waals surface area contributed by atoms with Crippen LogP contribution < -0.4 is 16.2 Å². The third kappa shape index (κ3) is 5.22. The van der Waals surface area contributed by atoms with Gasteiger partial charge in [-0.25, -0.2) is 4.98 Å². The number of nitrogens with zero attached hydrogens (tertiary/aromatic N) is 1. The number of pyridine rings is 1. The summed E-state index contributed by atoms with van der Waals surface area (Å²) in [6.45, 7) is 0.186. The van der Waals surface area contributed by atoms with E-state index in [2.05, 4.69) is 25.6 Å². The fourth-order valence-corrected chi connectivity index (χ4v) is 4.24. The second-order valence-corrected chi connectivity index (χ2v) is 9.09. The maximum absolute atomic E-state index is 12.8. The number of aliphatic hydroxyl groups excluding tert-OH is 1. The summed E-state index contributed by atoms with van der Waals surface area (Å²) in [4.78, 5) is 36.1. The number of rotatable bonds is 7. The van der Waals surface area contributed by atoms with Crippen molar-refractivity contribution < 1.29 is 9.90 Å². The Balaban J connectivity index is 1.44. The third-order valence-corrected chi connectivity index (χ3v) is 6.55. The molecule has 10 heteroatoms. The maximum atomic E-state index is 12.8. The second-order valence-electron chi connectivity index (χ2n) is 8.27. The molecular weight excluding hydrogens is 513 g/mol. The standard InChI is InChI=1S/C27H21Cl2N5O3/c28-17-10-9-16(13-18(17)29)26(36)33-21-8-4-7-20-24(21)34-25(32-20)23-19(11-12-30-27(23)37)31-14-22(35)15-5-2-1-3-6-15/h1-13,22,35H,14H2,(H,32,34)(H,33,36)(H2,30,31,37)/t22-/m0/s1. The number of aromatic nitrogens is 3. The minimum atomic E-state index is -0.771. The number of nitrogens with one attached hydrogen (secondary N) is 4. The fourth-order valence-electron chi connectivity index (χ4n) is 3.95. The molecule has 5 N–H and O–H groups in total. The Morgan fingerprint density at radius 1 is 0.973 bits per heavy atom. The molecule has 5 rings (SSSR count). The first-order valence-corrected chi connectivity index (χ1v) is 12.1. The van der Waals surface area contributed by atoms with Crippen molar-refractivity contribution in [2.45, 2.75) is 6.10 Å². The van der Waals surface area contributed by atoms with E-state index in [0.717, 1.165) is 5.56 Å². The summed E-state index contributed by atoms with van der Waals surface area (Å²) in [5, 5.41) is 17.2. The molecule has 37 heavy (non-hydrogen) atoms. The quantitative estimate of drug-likeness (QED) is 0.185. The van der Waals surface area contributed by atoms with Crippen molar-refractivity contribution in [3.8, 4) is 11.4 Å². The Morgan fingerprint density at radius 2 is 1.78 bits per heavy atom. The van der Waals surface area contributed by atoms with E-state index in [-0.39, 0.29) is 28.6 Å². The number of hydrogen-bond acceptors (Lipinski definition) is 5. The Morgan fingerprint density at radius 3 is 2.57 bits per heavy atom. The monoisotopic (exact) mass is 533 g/mol. The molecule has 0 bridgehead atoms. The number of amides is 1. The summed E-state index contributed by atoms with van der Waals surface area (Å²) in [5.41, 5.74) is 3.10. The van der Waals surface area contributed by atoms with Crippen LogP contribution in [0.4, 0.5) is 11.4 Å². The Hall–Kier alpha value is -4.11. The van der Waals surface area contributed by atoms with Gasteiger partial charge in [0.25, 0.3) is 11.5 Å².